The first-order chi connectivity index (χ1) is 8.58. The predicted molar refractivity (Wildman–Crippen MR) is 67.6 cm³/mol. The van der Waals surface area contributed by atoms with Crippen LogP contribution in [0.25, 0.3) is 0 Å². The van der Waals surface area contributed by atoms with Crippen LogP contribution in [0.4, 0.5) is 0 Å². The minimum absolute atomic E-state index is 0.000514. The predicted octanol–water partition coefficient (Wildman–Crippen LogP) is -0.883. The fraction of sp³-hybridized carbons (Fsp3) is 0.833. The Morgan fingerprint density at radius 1 is 1.67 bits per heavy atom. The topological polar surface area (TPSA) is 104 Å². The van der Waals surface area contributed by atoms with Crippen LogP contribution in [0.2, 0.25) is 0 Å². The van der Waals surface area contributed by atoms with Gasteiger partial charge in [0.2, 0.25) is 11.8 Å². The van der Waals surface area contributed by atoms with E-state index in [1.807, 2.05) is 6.92 Å². The fourth-order valence-corrected chi connectivity index (χ4v) is 2.14. The van der Waals surface area contributed by atoms with Crippen molar-refractivity contribution in [2.45, 2.75) is 44.7 Å². The van der Waals surface area contributed by atoms with Gasteiger partial charge < -0.3 is 21.5 Å². The van der Waals surface area contributed by atoms with Crippen molar-refractivity contribution in [2.24, 2.45) is 11.7 Å². The zero-order valence-corrected chi connectivity index (χ0v) is 10.8. The molecule has 1 fully saturated rings. The number of carbonyl (C=O) groups excluding carboxylic acids is 2. The van der Waals surface area contributed by atoms with Gasteiger partial charge in [-0.15, -0.1) is 0 Å². The third kappa shape index (κ3) is 4.27. The molecule has 1 heterocycles. The van der Waals surface area contributed by atoms with Crippen LogP contribution >= 0.6 is 0 Å². The number of hydrogen-bond donors (Lipinski definition) is 4. The Balaban J connectivity index is 2.41. The maximum Gasteiger partial charge on any atom is 0.237 e. The van der Waals surface area contributed by atoms with Gasteiger partial charge in [0.15, 0.2) is 0 Å². The summed E-state index contributed by atoms with van der Waals surface area (Å²) in [6.45, 7) is 2.46. The molecule has 0 unspecified atom stereocenters. The number of aliphatic hydroxyl groups excluding tert-OH is 1. The average Bonchev–Trinajstić information content (AvgIpc) is 2.74. The van der Waals surface area contributed by atoms with Gasteiger partial charge in [-0.1, -0.05) is 13.3 Å². The molecule has 5 N–H and O–H groups in total. The van der Waals surface area contributed by atoms with Crippen molar-refractivity contribution in [3.8, 4) is 0 Å². The molecular weight excluding hydrogens is 234 g/mol. The highest BCUT2D eigenvalue weighted by Crippen LogP contribution is 2.16. The van der Waals surface area contributed by atoms with Crippen LogP contribution in [0, 0.1) is 5.92 Å². The summed E-state index contributed by atoms with van der Waals surface area (Å²) in [4.78, 5) is 23.1. The van der Waals surface area contributed by atoms with Gasteiger partial charge in [-0.25, -0.2) is 0 Å². The Labute approximate surface area is 107 Å². The van der Waals surface area contributed by atoms with Crippen LogP contribution in [0.3, 0.4) is 0 Å². The summed E-state index contributed by atoms with van der Waals surface area (Å²) < 4.78 is 0. The van der Waals surface area contributed by atoms with Crippen molar-refractivity contribution >= 4 is 11.8 Å². The molecule has 0 saturated carbocycles. The van der Waals surface area contributed by atoms with E-state index in [1.54, 1.807) is 0 Å². The lowest BCUT2D eigenvalue weighted by atomic mass is 9.98. The molecule has 6 heteroatoms. The van der Waals surface area contributed by atoms with Crippen molar-refractivity contribution in [1.29, 1.82) is 0 Å². The largest absolute Gasteiger partial charge is 0.394 e. The molecule has 0 radical (unpaired) electrons. The number of amides is 2. The Morgan fingerprint density at radius 3 is 2.89 bits per heavy atom. The van der Waals surface area contributed by atoms with Gasteiger partial charge in [0.1, 0.15) is 0 Å². The summed E-state index contributed by atoms with van der Waals surface area (Å²) in [5.41, 5.74) is 5.69. The lowest BCUT2D eigenvalue weighted by molar-refractivity contribution is -0.125. The lowest BCUT2D eigenvalue weighted by Gasteiger charge is -2.20. The monoisotopic (exact) mass is 257 g/mol. The molecule has 0 bridgehead atoms. The van der Waals surface area contributed by atoms with Gasteiger partial charge >= 0.3 is 0 Å². The van der Waals surface area contributed by atoms with E-state index in [9.17, 15) is 14.7 Å². The third-order valence-corrected chi connectivity index (χ3v) is 3.24. The van der Waals surface area contributed by atoms with Crippen molar-refractivity contribution in [1.82, 2.24) is 10.6 Å². The van der Waals surface area contributed by atoms with Gasteiger partial charge in [-0.3, -0.25) is 9.59 Å². The number of hydrogen-bond acceptors (Lipinski definition) is 4. The van der Waals surface area contributed by atoms with Gasteiger partial charge in [0.25, 0.3) is 0 Å². The van der Waals surface area contributed by atoms with Crippen LogP contribution in [0.15, 0.2) is 0 Å². The quantitative estimate of drug-likeness (QED) is 0.475. The van der Waals surface area contributed by atoms with Gasteiger partial charge in [0.05, 0.1) is 18.7 Å². The molecule has 1 saturated heterocycles. The molecule has 0 spiro atoms. The zero-order valence-electron chi connectivity index (χ0n) is 10.8. The standard InChI is InChI=1S/C12H23N3O3/c1-2-3-10(13)12(18)15-9(7-16)6-8-4-5-14-11(8)17/h8-10,16H,2-7,13H2,1H3,(H,14,17)(H,15,18)/t8-,9-,10-/m0/s1. The first-order valence-corrected chi connectivity index (χ1v) is 6.53. The van der Waals surface area contributed by atoms with Crippen LogP contribution in [0.5, 0.6) is 0 Å². The second-order valence-corrected chi connectivity index (χ2v) is 4.80. The third-order valence-electron chi connectivity index (χ3n) is 3.24. The van der Waals surface area contributed by atoms with E-state index in [-0.39, 0.29) is 24.3 Å². The molecule has 0 aliphatic carbocycles. The number of carbonyl (C=O) groups is 2. The summed E-state index contributed by atoms with van der Waals surface area (Å²) >= 11 is 0. The van der Waals surface area contributed by atoms with E-state index in [2.05, 4.69) is 10.6 Å². The van der Waals surface area contributed by atoms with E-state index in [0.717, 1.165) is 12.8 Å². The zero-order chi connectivity index (χ0) is 13.5. The first-order valence-electron chi connectivity index (χ1n) is 6.53. The highest BCUT2D eigenvalue weighted by atomic mass is 16.3. The Bertz CT molecular complexity index is 296. The molecule has 2 amide bonds. The molecule has 1 aliphatic heterocycles. The highest BCUT2D eigenvalue weighted by Gasteiger charge is 2.28. The second-order valence-electron chi connectivity index (χ2n) is 4.80. The van der Waals surface area contributed by atoms with Gasteiger partial charge in [-0.05, 0) is 19.3 Å². The summed E-state index contributed by atoms with van der Waals surface area (Å²) in [6.07, 6.45) is 2.68. The minimum Gasteiger partial charge on any atom is -0.394 e. The molecular formula is C12H23N3O3. The van der Waals surface area contributed by atoms with E-state index in [0.29, 0.717) is 19.4 Å². The number of aliphatic hydroxyl groups is 1. The van der Waals surface area contributed by atoms with Gasteiger partial charge in [-0.2, -0.15) is 0 Å². The van der Waals surface area contributed by atoms with Gasteiger partial charge in [0, 0.05) is 12.5 Å². The average molecular weight is 257 g/mol. The maximum atomic E-state index is 11.7. The lowest BCUT2D eigenvalue weighted by Crippen LogP contribution is -2.47. The molecule has 3 atom stereocenters. The van der Waals surface area contributed by atoms with Crippen molar-refractivity contribution in [3.05, 3.63) is 0 Å². The second kappa shape index (κ2) is 7.33. The van der Waals surface area contributed by atoms with Crippen molar-refractivity contribution in [2.75, 3.05) is 13.2 Å². The maximum absolute atomic E-state index is 11.7. The molecule has 18 heavy (non-hydrogen) atoms. The summed E-state index contributed by atoms with van der Waals surface area (Å²) in [5, 5.41) is 14.7. The Hall–Kier alpha value is -1.14. The normalized spacial score (nSPS) is 22.4. The molecule has 0 aromatic carbocycles. The van der Waals surface area contributed by atoms with E-state index in [1.165, 1.54) is 0 Å². The molecule has 6 nitrogen and oxygen atoms in total. The smallest absolute Gasteiger partial charge is 0.237 e. The first kappa shape index (κ1) is 14.9. The summed E-state index contributed by atoms with van der Waals surface area (Å²) in [6, 6.07) is -0.935. The van der Waals surface area contributed by atoms with Crippen molar-refractivity contribution in [3.63, 3.8) is 0 Å². The Morgan fingerprint density at radius 2 is 2.39 bits per heavy atom. The van der Waals surface area contributed by atoms with E-state index < -0.39 is 12.1 Å². The van der Waals surface area contributed by atoms with Crippen LogP contribution < -0.4 is 16.4 Å². The van der Waals surface area contributed by atoms with Crippen LogP contribution in [-0.4, -0.2) is 42.2 Å². The molecule has 1 rings (SSSR count). The minimum atomic E-state index is -0.540. The van der Waals surface area contributed by atoms with Crippen molar-refractivity contribution < 1.29 is 14.7 Å². The van der Waals surface area contributed by atoms with E-state index in [4.69, 9.17) is 5.73 Å². The molecule has 1 aliphatic rings. The molecule has 104 valence electrons. The molecule has 0 aromatic heterocycles. The SMILES string of the molecule is CCC[C@H](N)C(=O)N[C@H](CO)C[C@@H]1CCNC1=O. The molecule has 0 aromatic rings. The summed E-state index contributed by atoms with van der Waals surface area (Å²) in [7, 11) is 0. The summed E-state index contributed by atoms with van der Waals surface area (Å²) in [5.74, 6) is -0.375. The fourth-order valence-electron chi connectivity index (χ4n) is 2.14. The number of rotatable bonds is 7. The van der Waals surface area contributed by atoms with E-state index >= 15 is 0 Å². The number of nitrogens with one attached hydrogen (secondary N) is 2. The van der Waals surface area contributed by atoms with Crippen LogP contribution in [-0.2, 0) is 9.59 Å². The number of nitrogens with two attached hydrogens (primary N) is 1. The highest BCUT2D eigenvalue weighted by molar-refractivity contribution is 5.82. The Kier molecular flexibility index (Phi) is 6.07. The van der Waals surface area contributed by atoms with Crippen LogP contribution in [0.1, 0.15) is 32.6 Å².